The smallest absolute Gasteiger partial charge is 0.141 e. The van der Waals surface area contributed by atoms with Crippen molar-refractivity contribution in [1.82, 2.24) is 9.88 Å². The number of hydrogen-bond acceptors (Lipinski definition) is 4. The fraction of sp³-hybridized carbons (Fsp3) is 0.500. The number of amidine groups is 1. The Hall–Kier alpha value is -1.46. The molecule has 5 nitrogen and oxygen atoms in total. The number of nitrogens with zero attached hydrogens (tertiary/aromatic N) is 2. The van der Waals surface area contributed by atoms with Gasteiger partial charge < -0.3 is 15.4 Å². The number of aromatic nitrogens is 1. The lowest BCUT2D eigenvalue weighted by Crippen LogP contribution is -2.21. The molecule has 0 saturated carbocycles. The maximum absolute atomic E-state index is 7.34. The van der Waals surface area contributed by atoms with Crippen molar-refractivity contribution in [3.8, 4) is 0 Å². The molecule has 0 aliphatic rings. The molecule has 1 heterocycles. The summed E-state index contributed by atoms with van der Waals surface area (Å²) >= 11 is 0. The van der Waals surface area contributed by atoms with Crippen LogP contribution in [0.25, 0.3) is 0 Å². The normalized spacial score (nSPS) is 10.8. The van der Waals surface area contributed by atoms with Gasteiger partial charge in [0.05, 0.1) is 0 Å². The van der Waals surface area contributed by atoms with E-state index in [-0.39, 0.29) is 5.84 Å². The van der Waals surface area contributed by atoms with Crippen molar-refractivity contribution in [2.24, 2.45) is 5.73 Å². The minimum atomic E-state index is 0.00823. The second-order valence-corrected chi connectivity index (χ2v) is 4.05. The lowest BCUT2D eigenvalue weighted by atomic mass is 10.2. The van der Waals surface area contributed by atoms with Gasteiger partial charge in [-0.1, -0.05) is 0 Å². The van der Waals surface area contributed by atoms with Crippen LogP contribution >= 0.6 is 0 Å². The summed E-state index contributed by atoms with van der Waals surface area (Å²) in [6.07, 6.45) is 2.70. The summed E-state index contributed by atoms with van der Waals surface area (Å²) < 4.78 is 5.01. The quantitative estimate of drug-likeness (QED) is 0.418. The SMILES string of the molecule is COCCCN(C)Cc1ccnc(C(=N)N)c1. The van der Waals surface area contributed by atoms with E-state index in [4.69, 9.17) is 15.9 Å². The molecule has 0 saturated heterocycles. The molecule has 94 valence electrons. The van der Waals surface area contributed by atoms with Gasteiger partial charge in [0.2, 0.25) is 0 Å². The monoisotopic (exact) mass is 236 g/mol. The van der Waals surface area contributed by atoms with E-state index >= 15 is 0 Å². The number of rotatable bonds is 7. The van der Waals surface area contributed by atoms with E-state index in [0.29, 0.717) is 5.69 Å². The predicted octanol–water partition coefficient (Wildman–Crippen LogP) is 0.834. The van der Waals surface area contributed by atoms with E-state index in [1.807, 2.05) is 12.1 Å². The van der Waals surface area contributed by atoms with Crippen LogP contribution in [0.15, 0.2) is 18.3 Å². The number of ether oxygens (including phenoxy) is 1. The zero-order valence-electron chi connectivity index (χ0n) is 10.4. The highest BCUT2D eigenvalue weighted by Gasteiger charge is 2.03. The summed E-state index contributed by atoms with van der Waals surface area (Å²) in [5, 5.41) is 7.34. The molecule has 0 radical (unpaired) electrons. The van der Waals surface area contributed by atoms with E-state index in [1.54, 1.807) is 13.3 Å². The summed E-state index contributed by atoms with van der Waals surface area (Å²) in [7, 11) is 3.77. The maximum atomic E-state index is 7.34. The molecule has 3 N–H and O–H groups in total. The molecule has 0 aliphatic carbocycles. The highest BCUT2D eigenvalue weighted by atomic mass is 16.5. The first kappa shape index (κ1) is 13.6. The number of nitrogens with one attached hydrogen (secondary N) is 1. The Morgan fingerprint density at radius 2 is 2.35 bits per heavy atom. The summed E-state index contributed by atoms with van der Waals surface area (Å²) in [6.45, 7) is 2.58. The largest absolute Gasteiger partial charge is 0.385 e. The van der Waals surface area contributed by atoms with Crippen LogP contribution in [0.5, 0.6) is 0 Å². The minimum absolute atomic E-state index is 0.00823. The van der Waals surface area contributed by atoms with Crippen molar-refractivity contribution < 1.29 is 4.74 Å². The van der Waals surface area contributed by atoms with Gasteiger partial charge in [0.1, 0.15) is 11.5 Å². The fourth-order valence-electron chi connectivity index (χ4n) is 1.59. The van der Waals surface area contributed by atoms with Crippen molar-refractivity contribution in [2.75, 3.05) is 27.3 Å². The van der Waals surface area contributed by atoms with Crippen molar-refractivity contribution in [1.29, 1.82) is 5.41 Å². The standard InChI is InChI=1S/C12H20N4O/c1-16(6-3-7-17-2)9-10-4-5-15-11(8-10)12(13)14/h4-5,8H,3,6-7,9H2,1-2H3,(H3,13,14). The van der Waals surface area contributed by atoms with Crippen LogP contribution in [0.3, 0.4) is 0 Å². The van der Waals surface area contributed by atoms with Crippen LogP contribution in [0.1, 0.15) is 17.7 Å². The summed E-state index contributed by atoms with van der Waals surface area (Å²) in [6, 6.07) is 3.80. The van der Waals surface area contributed by atoms with E-state index in [0.717, 1.165) is 31.7 Å². The van der Waals surface area contributed by atoms with Gasteiger partial charge in [-0.3, -0.25) is 10.4 Å². The van der Waals surface area contributed by atoms with Crippen LogP contribution in [-0.4, -0.2) is 43.0 Å². The van der Waals surface area contributed by atoms with Crippen LogP contribution in [-0.2, 0) is 11.3 Å². The summed E-state index contributed by atoms with van der Waals surface area (Å²) in [5.74, 6) is 0.00823. The topological polar surface area (TPSA) is 75.2 Å². The molecule has 17 heavy (non-hydrogen) atoms. The van der Waals surface area contributed by atoms with Crippen molar-refractivity contribution in [2.45, 2.75) is 13.0 Å². The third-order valence-corrected chi connectivity index (χ3v) is 2.44. The molecule has 0 aliphatic heterocycles. The molecule has 5 heteroatoms. The molecule has 1 aromatic rings. The molecular formula is C12H20N4O. The minimum Gasteiger partial charge on any atom is -0.385 e. The molecule has 1 rings (SSSR count). The lowest BCUT2D eigenvalue weighted by molar-refractivity contribution is 0.178. The zero-order valence-corrected chi connectivity index (χ0v) is 10.4. The Bertz CT molecular complexity index is 367. The van der Waals surface area contributed by atoms with Crippen LogP contribution in [0.2, 0.25) is 0 Å². The Morgan fingerprint density at radius 3 is 3.00 bits per heavy atom. The number of hydrogen-bond donors (Lipinski definition) is 2. The molecule has 1 aromatic heterocycles. The molecule has 0 aromatic carbocycles. The third kappa shape index (κ3) is 4.93. The highest BCUT2D eigenvalue weighted by molar-refractivity contribution is 5.93. The van der Waals surface area contributed by atoms with E-state index in [1.165, 1.54) is 0 Å². The first-order valence-electron chi connectivity index (χ1n) is 5.60. The van der Waals surface area contributed by atoms with Crippen molar-refractivity contribution >= 4 is 5.84 Å². The van der Waals surface area contributed by atoms with E-state index in [9.17, 15) is 0 Å². The molecule has 0 bridgehead atoms. The van der Waals surface area contributed by atoms with Gasteiger partial charge in [0.25, 0.3) is 0 Å². The van der Waals surface area contributed by atoms with Crippen LogP contribution in [0, 0.1) is 5.41 Å². The van der Waals surface area contributed by atoms with Gasteiger partial charge in [-0.2, -0.15) is 0 Å². The molecule has 0 unspecified atom stereocenters. The van der Waals surface area contributed by atoms with Gasteiger partial charge in [-0.15, -0.1) is 0 Å². The Kier molecular flexibility index (Phi) is 5.59. The number of nitrogens with two attached hydrogens (primary N) is 1. The second-order valence-electron chi connectivity index (χ2n) is 4.05. The van der Waals surface area contributed by atoms with E-state index < -0.39 is 0 Å². The van der Waals surface area contributed by atoms with E-state index in [2.05, 4.69) is 16.9 Å². The number of pyridine rings is 1. The van der Waals surface area contributed by atoms with Crippen LogP contribution < -0.4 is 5.73 Å². The maximum Gasteiger partial charge on any atom is 0.141 e. The van der Waals surface area contributed by atoms with Gasteiger partial charge in [-0.25, -0.2) is 0 Å². The average molecular weight is 236 g/mol. The second kappa shape index (κ2) is 6.98. The average Bonchev–Trinajstić information content (AvgIpc) is 2.29. The number of nitrogen functional groups attached to an aromatic ring is 1. The highest BCUT2D eigenvalue weighted by Crippen LogP contribution is 2.05. The third-order valence-electron chi connectivity index (χ3n) is 2.44. The molecule has 0 amide bonds. The predicted molar refractivity (Wildman–Crippen MR) is 68.1 cm³/mol. The molecule has 0 atom stereocenters. The Morgan fingerprint density at radius 1 is 1.59 bits per heavy atom. The Balaban J connectivity index is 2.50. The molecular weight excluding hydrogens is 216 g/mol. The number of methoxy groups -OCH3 is 1. The van der Waals surface area contributed by atoms with Gasteiger partial charge in [0.15, 0.2) is 0 Å². The van der Waals surface area contributed by atoms with Gasteiger partial charge in [-0.05, 0) is 31.2 Å². The molecule has 0 fully saturated rings. The van der Waals surface area contributed by atoms with Crippen molar-refractivity contribution in [3.63, 3.8) is 0 Å². The zero-order chi connectivity index (χ0) is 12.7. The van der Waals surface area contributed by atoms with Crippen LogP contribution in [0.4, 0.5) is 0 Å². The lowest BCUT2D eigenvalue weighted by Gasteiger charge is -2.16. The van der Waals surface area contributed by atoms with Crippen molar-refractivity contribution in [3.05, 3.63) is 29.6 Å². The van der Waals surface area contributed by atoms with Gasteiger partial charge >= 0.3 is 0 Å². The summed E-state index contributed by atoms with van der Waals surface area (Å²) in [5.41, 5.74) is 7.05. The first-order valence-corrected chi connectivity index (χ1v) is 5.60. The molecule has 0 spiro atoms. The first-order chi connectivity index (χ1) is 8.13. The Labute approximate surface area is 102 Å². The fourth-order valence-corrected chi connectivity index (χ4v) is 1.59. The summed E-state index contributed by atoms with van der Waals surface area (Å²) in [4.78, 5) is 6.24. The van der Waals surface area contributed by atoms with Gasteiger partial charge in [0, 0.05) is 33.0 Å².